The van der Waals surface area contributed by atoms with Crippen molar-refractivity contribution in [2.75, 3.05) is 31.5 Å². The summed E-state index contributed by atoms with van der Waals surface area (Å²) in [4.78, 5) is 17.8. The fourth-order valence-electron chi connectivity index (χ4n) is 6.38. The molecule has 6 rings (SSSR count). The standard InChI is InChI=1S/C34H39N7/c1-24-30-12-15-36-33(30)11-10-32(24)39-34-27(20-35)22-37-25(2)31(34)9-8-28-7-6-26(21-38-28)23-40-18-13-29(14-19-40)41-16-4-3-5-17-41/h6-12,15,21-22,29,36H,3-5,13-14,16-19,23H2,1-2H3,(H,37,39)/b9-8+. The van der Waals surface area contributed by atoms with Gasteiger partial charge in [-0.1, -0.05) is 12.5 Å². The minimum atomic E-state index is 0.510. The van der Waals surface area contributed by atoms with E-state index < -0.39 is 0 Å². The van der Waals surface area contributed by atoms with Gasteiger partial charge in [-0.2, -0.15) is 5.26 Å². The summed E-state index contributed by atoms with van der Waals surface area (Å²) >= 11 is 0. The Labute approximate surface area is 242 Å². The molecule has 0 aliphatic carbocycles. The molecule has 2 aliphatic rings. The lowest BCUT2D eigenvalue weighted by Gasteiger charge is -2.40. The van der Waals surface area contributed by atoms with Gasteiger partial charge in [0, 0.05) is 59.0 Å². The van der Waals surface area contributed by atoms with Gasteiger partial charge in [-0.05, 0) is 113 Å². The molecule has 2 N–H and O–H groups in total. The molecule has 7 nitrogen and oxygen atoms in total. The molecule has 0 atom stereocenters. The number of aromatic amines is 1. The molecule has 0 spiro atoms. The van der Waals surface area contributed by atoms with Crippen molar-refractivity contribution < 1.29 is 0 Å². The van der Waals surface area contributed by atoms with Crippen LogP contribution in [0, 0.1) is 25.2 Å². The van der Waals surface area contributed by atoms with E-state index in [-0.39, 0.29) is 0 Å². The number of H-pyrrole nitrogens is 1. The van der Waals surface area contributed by atoms with Crippen LogP contribution in [0.3, 0.4) is 0 Å². The molecular formula is C34H39N7. The number of hydrogen-bond donors (Lipinski definition) is 2. The summed E-state index contributed by atoms with van der Waals surface area (Å²) in [6.07, 6.45) is 16.3. The number of pyridine rings is 2. The molecule has 5 heterocycles. The molecule has 2 fully saturated rings. The number of nitrogens with zero attached hydrogens (tertiary/aromatic N) is 5. The van der Waals surface area contributed by atoms with Gasteiger partial charge in [0.2, 0.25) is 0 Å². The second-order valence-corrected chi connectivity index (χ2v) is 11.5. The van der Waals surface area contributed by atoms with Crippen LogP contribution in [0.2, 0.25) is 0 Å². The largest absolute Gasteiger partial charge is 0.361 e. The molecule has 2 aliphatic heterocycles. The van der Waals surface area contributed by atoms with Crippen molar-refractivity contribution in [2.45, 2.75) is 58.5 Å². The van der Waals surface area contributed by atoms with E-state index in [0.29, 0.717) is 5.56 Å². The molecule has 1 aromatic carbocycles. The lowest BCUT2D eigenvalue weighted by atomic mass is 9.99. The van der Waals surface area contributed by atoms with Gasteiger partial charge in [0.25, 0.3) is 0 Å². The molecule has 2 saturated heterocycles. The third-order valence-electron chi connectivity index (χ3n) is 8.84. The van der Waals surface area contributed by atoms with Crippen LogP contribution in [0.4, 0.5) is 11.4 Å². The number of rotatable bonds is 7. The summed E-state index contributed by atoms with van der Waals surface area (Å²) in [7, 11) is 0. The predicted molar refractivity (Wildman–Crippen MR) is 167 cm³/mol. The molecule has 0 bridgehead atoms. The van der Waals surface area contributed by atoms with Crippen molar-refractivity contribution in [1.82, 2.24) is 24.8 Å². The van der Waals surface area contributed by atoms with E-state index in [2.05, 4.69) is 68.4 Å². The van der Waals surface area contributed by atoms with Gasteiger partial charge in [-0.3, -0.25) is 14.9 Å². The van der Waals surface area contributed by atoms with Gasteiger partial charge >= 0.3 is 0 Å². The Hall–Kier alpha value is -3.99. The maximum atomic E-state index is 9.87. The lowest BCUT2D eigenvalue weighted by molar-refractivity contribution is 0.0896. The number of hydrogen-bond acceptors (Lipinski definition) is 6. The van der Waals surface area contributed by atoms with Crippen LogP contribution in [0.15, 0.2) is 48.9 Å². The Balaban J connectivity index is 1.14. The lowest BCUT2D eigenvalue weighted by Crippen LogP contribution is -2.46. The van der Waals surface area contributed by atoms with Crippen LogP contribution in [-0.2, 0) is 6.54 Å². The summed E-state index contributed by atoms with van der Waals surface area (Å²) < 4.78 is 0. The van der Waals surface area contributed by atoms with Gasteiger partial charge in [-0.25, -0.2) is 0 Å². The average Bonchev–Trinajstić information content (AvgIpc) is 3.50. The second kappa shape index (κ2) is 12.3. The normalized spacial score (nSPS) is 17.3. The first-order chi connectivity index (χ1) is 20.1. The quantitative estimate of drug-likeness (QED) is 0.265. The van der Waals surface area contributed by atoms with Crippen molar-refractivity contribution in [3.8, 4) is 6.07 Å². The zero-order valence-corrected chi connectivity index (χ0v) is 24.2. The third kappa shape index (κ3) is 6.04. The Bertz CT molecular complexity index is 1560. The Kier molecular flexibility index (Phi) is 8.13. The fraction of sp³-hybridized carbons (Fsp3) is 0.382. The minimum Gasteiger partial charge on any atom is -0.361 e. The summed E-state index contributed by atoms with van der Waals surface area (Å²) in [5, 5.41) is 14.6. The Morgan fingerprint density at radius 3 is 2.56 bits per heavy atom. The topological polar surface area (TPSA) is 83.9 Å². The van der Waals surface area contributed by atoms with E-state index in [9.17, 15) is 5.26 Å². The monoisotopic (exact) mass is 545 g/mol. The zero-order chi connectivity index (χ0) is 28.2. The summed E-state index contributed by atoms with van der Waals surface area (Å²) in [6, 6.07) is 13.5. The van der Waals surface area contributed by atoms with Crippen LogP contribution >= 0.6 is 0 Å². The Morgan fingerprint density at radius 1 is 0.976 bits per heavy atom. The highest BCUT2D eigenvalue weighted by Crippen LogP contribution is 2.32. The van der Waals surface area contributed by atoms with E-state index in [1.807, 2.05) is 31.5 Å². The smallest absolute Gasteiger partial charge is 0.103 e. The van der Waals surface area contributed by atoms with Crippen LogP contribution in [0.25, 0.3) is 23.1 Å². The SMILES string of the molecule is Cc1ncc(C#N)c(Nc2ccc3[nH]ccc3c2C)c1/C=C/c1ccc(CN2CCC(N3CCCCC3)CC2)cn1. The maximum absolute atomic E-state index is 9.87. The fourth-order valence-corrected chi connectivity index (χ4v) is 6.38. The van der Waals surface area contributed by atoms with Crippen molar-refractivity contribution in [3.63, 3.8) is 0 Å². The van der Waals surface area contributed by atoms with E-state index in [1.54, 1.807) is 6.20 Å². The van der Waals surface area contributed by atoms with Gasteiger partial charge in [0.05, 0.1) is 16.9 Å². The first kappa shape index (κ1) is 27.2. The maximum Gasteiger partial charge on any atom is 0.103 e. The predicted octanol–water partition coefficient (Wildman–Crippen LogP) is 6.81. The van der Waals surface area contributed by atoms with Crippen molar-refractivity contribution in [3.05, 3.63) is 82.6 Å². The summed E-state index contributed by atoms with van der Waals surface area (Å²) in [6.45, 7) is 9.93. The van der Waals surface area contributed by atoms with Crippen molar-refractivity contribution in [1.29, 1.82) is 5.26 Å². The highest BCUT2D eigenvalue weighted by atomic mass is 15.2. The first-order valence-electron chi connectivity index (χ1n) is 14.9. The molecule has 3 aromatic heterocycles. The number of anilines is 2. The molecular weight excluding hydrogens is 506 g/mol. The number of piperidine rings is 2. The second-order valence-electron chi connectivity index (χ2n) is 11.5. The molecule has 0 saturated carbocycles. The van der Waals surface area contributed by atoms with Crippen LogP contribution < -0.4 is 5.32 Å². The number of likely N-dealkylation sites (tertiary alicyclic amines) is 2. The highest BCUT2D eigenvalue weighted by molar-refractivity contribution is 5.90. The van der Waals surface area contributed by atoms with Crippen LogP contribution in [-0.4, -0.2) is 57.0 Å². The first-order valence-corrected chi connectivity index (χ1v) is 14.9. The summed E-state index contributed by atoms with van der Waals surface area (Å²) in [5.74, 6) is 0. The highest BCUT2D eigenvalue weighted by Gasteiger charge is 2.25. The number of nitrogens with one attached hydrogen (secondary N) is 2. The molecule has 7 heteroatoms. The van der Waals surface area contributed by atoms with Crippen LogP contribution in [0.5, 0.6) is 0 Å². The molecule has 4 aromatic rings. The number of nitriles is 1. The molecule has 210 valence electrons. The molecule has 0 amide bonds. The average molecular weight is 546 g/mol. The van der Waals surface area contributed by atoms with E-state index in [0.717, 1.165) is 70.5 Å². The van der Waals surface area contributed by atoms with Crippen LogP contribution in [0.1, 0.15) is 65.7 Å². The van der Waals surface area contributed by atoms with Crippen molar-refractivity contribution in [2.24, 2.45) is 0 Å². The van der Waals surface area contributed by atoms with Gasteiger partial charge in [-0.15, -0.1) is 0 Å². The minimum absolute atomic E-state index is 0.510. The van der Waals surface area contributed by atoms with Gasteiger partial charge < -0.3 is 15.2 Å². The van der Waals surface area contributed by atoms with Crippen molar-refractivity contribution >= 4 is 34.4 Å². The van der Waals surface area contributed by atoms with E-state index in [4.69, 9.17) is 4.98 Å². The number of fused-ring (bicyclic) bond motifs is 1. The van der Waals surface area contributed by atoms with E-state index in [1.165, 1.54) is 50.8 Å². The number of aromatic nitrogens is 3. The van der Waals surface area contributed by atoms with Gasteiger partial charge in [0.1, 0.15) is 6.07 Å². The molecule has 0 radical (unpaired) electrons. The Morgan fingerprint density at radius 2 is 1.80 bits per heavy atom. The number of benzene rings is 1. The molecule has 41 heavy (non-hydrogen) atoms. The number of aryl methyl sites for hydroxylation is 2. The van der Waals surface area contributed by atoms with E-state index >= 15 is 0 Å². The third-order valence-corrected chi connectivity index (χ3v) is 8.84. The molecule has 0 unspecified atom stereocenters. The van der Waals surface area contributed by atoms with Gasteiger partial charge in [0.15, 0.2) is 0 Å². The zero-order valence-electron chi connectivity index (χ0n) is 24.2. The summed E-state index contributed by atoms with van der Waals surface area (Å²) in [5.41, 5.74) is 8.34.